The molecule has 0 spiro atoms. The van der Waals surface area contributed by atoms with Crippen molar-refractivity contribution in [2.24, 2.45) is 0 Å². The molecule has 3 atom stereocenters. The number of fused-ring (bicyclic) bond motifs is 1. The van der Waals surface area contributed by atoms with Gasteiger partial charge in [-0.2, -0.15) is 0 Å². The van der Waals surface area contributed by atoms with Crippen molar-refractivity contribution in [3.05, 3.63) is 0 Å². The molecule has 3 fully saturated rings. The third-order valence-corrected chi connectivity index (χ3v) is 7.29. The van der Waals surface area contributed by atoms with Gasteiger partial charge >= 0.3 is 6.03 Å². The minimum absolute atomic E-state index is 0.0423. The summed E-state index contributed by atoms with van der Waals surface area (Å²) in [4.78, 5) is 13.3. The van der Waals surface area contributed by atoms with E-state index in [-0.39, 0.29) is 41.1 Å². The molecule has 0 saturated carbocycles. The van der Waals surface area contributed by atoms with Crippen molar-refractivity contribution < 1.29 is 21.6 Å². The second-order valence-electron chi connectivity index (χ2n) is 5.16. The van der Waals surface area contributed by atoms with Crippen LogP contribution in [0.4, 0.5) is 4.79 Å². The molecule has 3 aliphatic rings. The molecule has 3 heterocycles. The Morgan fingerprint density at radius 3 is 2.39 bits per heavy atom. The Labute approximate surface area is 105 Å². The summed E-state index contributed by atoms with van der Waals surface area (Å²) < 4.78 is 46.0. The number of nitrogens with one attached hydrogen (secondary N) is 1. The molecule has 18 heavy (non-hydrogen) atoms. The molecule has 0 bridgehead atoms. The van der Waals surface area contributed by atoms with Crippen LogP contribution in [0.25, 0.3) is 0 Å². The molecule has 2 amide bonds. The Morgan fingerprint density at radius 2 is 1.78 bits per heavy atom. The summed E-state index contributed by atoms with van der Waals surface area (Å²) in [5.41, 5.74) is 0. The van der Waals surface area contributed by atoms with Gasteiger partial charge in [0, 0.05) is 6.04 Å². The van der Waals surface area contributed by atoms with E-state index in [0.29, 0.717) is 6.42 Å². The van der Waals surface area contributed by atoms with Gasteiger partial charge in [0.2, 0.25) is 0 Å². The SMILES string of the molecule is O=C1NC2CS(=O)(=O)CC2N1C1CCS(=O)(=O)C1. The van der Waals surface area contributed by atoms with E-state index in [9.17, 15) is 21.6 Å². The van der Waals surface area contributed by atoms with Crippen LogP contribution in [0.2, 0.25) is 0 Å². The predicted molar refractivity (Wildman–Crippen MR) is 63.7 cm³/mol. The average Bonchev–Trinajstić information content (AvgIpc) is 2.75. The van der Waals surface area contributed by atoms with Crippen LogP contribution in [0.1, 0.15) is 6.42 Å². The fraction of sp³-hybridized carbons (Fsp3) is 0.889. The minimum atomic E-state index is -3.13. The van der Waals surface area contributed by atoms with Crippen molar-refractivity contribution in [1.82, 2.24) is 10.2 Å². The Bertz CT molecular complexity index is 596. The molecule has 0 aromatic heterocycles. The smallest absolute Gasteiger partial charge is 0.318 e. The van der Waals surface area contributed by atoms with E-state index in [2.05, 4.69) is 5.32 Å². The van der Waals surface area contributed by atoms with Crippen molar-refractivity contribution in [3.8, 4) is 0 Å². The van der Waals surface area contributed by atoms with Crippen molar-refractivity contribution in [2.45, 2.75) is 24.5 Å². The van der Waals surface area contributed by atoms with Gasteiger partial charge in [-0.3, -0.25) is 0 Å². The van der Waals surface area contributed by atoms with E-state index in [4.69, 9.17) is 0 Å². The summed E-state index contributed by atoms with van der Waals surface area (Å²) in [5, 5.41) is 2.64. The van der Waals surface area contributed by atoms with Crippen molar-refractivity contribution in [2.75, 3.05) is 23.0 Å². The zero-order valence-corrected chi connectivity index (χ0v) is 11.2. The van der Waals surface area contributed by atoms with E-state index in [1.165, 1.54) is 4.90 Å². The first-order valence-corrected chi connectivity index (χ1v) is 9.41. The van der Waals surface area contributed by atoms with Crippen LogP contribution < -0.4 is 5.32 Å². The molecular formula is C9H14N2O5S2. The van der Waals surface area contributed by atoms with Gasteiger partial charge in [-0.1, -0.05) is 0 Å². The molecule has 3 unspecified atom stereocenters. The van der Waals surface area contributed by atoms with E-state index >= 15 is 0 Å². The Balaban J connectivity index is 1.86. The van der Waals surface area contributed by atoms with Gasteiger partial charge in [0.15, 0.2) is 19.7 Å². The van der Waals surface area contributed by atoms with Gasteiger partial charge in [-0.15, -0.1) is 0 Å². The maximum Gasteiger partial charge on any atom is 0.318 e. The maximum atomic E-state index is 11.8. The number of rotatable bonds is 1. The average molecular weight is 294 g/mol. The van der Waals surface area contributed by atoms with Crippen molar-refractivity contribution in [3.63, 3.8) is 0 Å². The molecule has 9 heteroatoms. The highest BCUT2D eigenvalue weighted by molar-refractivity contribution is 7.92. The van der Waals surface area contributed by atoms with Crippen molar-refractivity contribution in [1.29, 1.82) is 0 Å². The van der Waals surface area contributed by atoms with E-state index < -0.39 is 25.7 Å². The van der Waals surface area contributed by atoms with Crippen LogP contribution in [0.5, 0.6) is 0 Å². The molecule has 0 aromatic rings. The Morgan fingerprint density at radius 1 is 1.06 bits per heavy atom. The lowest BCUT2D eigenvalue weighted by Gasteiger charge is -2.26. The summed E-state index contributed by atoms with van der Waals surface area (Å²) >= 11 is 0. The molecule has 0 radical (unpaired) electrons. The first-order valence-electron chi connectivity index (χ1n) is 5.77. The number of hydrogen-bond donors (Lipinski definition) is 1. The second kappa shape index (κ2) is 3.60. The largest absolute Gasteiger partial charge is 0.332 e. The fourth-order valence-electron chi connectivity index (χ4n) is 3.06. The third kappa shape index (κ3) is 1.89. The quantitative estimate of drug-likeness (QED) is 0.585. The number of sulfone groups is 2. The predicted octanol–water partition coefficient (Wildman–Crippen LogP) is -1.64. The summed E-state index contributed by atoms with van der Waals surface area (Å²) in [6.07, 6.45) is 0.402. The third-order valence-electron chi connectivity index (χ3n) is 3.83. The molecule has 102 valence electrons. The fourth-order valence-corrected chi connectivity index (χ4v) is 6.67. The van der Waals surface area contributed by atoms with Crippen molar-refractivity contribution >= 4 is 25.7 Å². The summed E-state index contributed by atoms with van der Waals surface area (Å²) in [6.45, 7) is 0. The highest BCUT2D eigenvalue weighted by Gasteiger charge is 2.52. The minimum Gasteiger partial charge on any atom is -0.332 e. The lowest BCUT2D eigenvalue weighted by molar-refractivity contribution is 0.186. The monoisotopic (exact) mass is 294 g/mol. The lowest BCUT2D eigenvalue weighted by atomic mass is 10.1. The lowest BCUT2D eigenvalue weighted by Crippen LogP contribution is -2.45. The Kier molecular flexibility index (Phi) is 2.44. The van der Waals surface area contributed by atoms with Gasteiger partial charge in [0.25, 0.3) is 0 Å². The number of amides is 2. The summed E-state index contributed by atoms with van der Waals surface area (Å²) in [6, 6.07) is -1.49. The van der Waals surface area contributed by atoms with E-state index in [0.717, 1.165) is 0 Å². The summed E-state index contributed by atoms with van der Waals surface area (Å²) in [5.74, 6) is -0.0817. The second-order valence-corrected chi connectivity index (χ2v) is 9.55. The number of carbonyl (C=O) groups is 1. The van der Waals surface area contributed by atoms with Gasteiger partial charge in [0.1, 0.15) is 0 Å². The van der Waals surface area contributed by atoms with Crippen LogP contribution in [-0.2, 0) is 19.7 Å². The zero-order chi connectivity index (χ0) is 13.1. The van der Waals surface area contributed by atoms with Crippen LogP contribution >= 0.6 is 0 Å². The Hall–Kier alpha value is -0.830. The van der Waals surface area contributed by atoms with Crippen LogP contribution in [0.15, 0.2) is 0 Å². The first-order chi connectivity index (χ1) is 8.27. The highest BCUT2D eigenvalue weighted by atomic mass is 32.2. The molecular weight excluding hydrogens is 280 g/mol. The van der Waals surface area contributed by atoms with E-state index in [1.54, 1.807) is 0 Å². The molecule has 3 rings (SSSR count). The molecule has 3 saturated heterocycles. The molecule has 1 N–H and O–H groups in total. The molecule has 0 aliphatic carbocycles. The van der Waals surface area contributed by atoms with Gasteiger partial charge < -0.3 is 10.2 Å². The van der Waals surface area contributed by atoms with Gasteiger partial charge in [-0.05, 0) is 6.42 Å². The van der Waals surface area contributed by atoms with Gasteiger partial charge in [-0.25, -0.2) is 21.6 Å². The number of nitrogens with zero attached hydrogens (tertiary/aromatic N) is 1. The van der Waals surface area contributed by atoms with E-state index in [1.807, 2.05) is 0 Å². The molecule has 0 aromatic carbocycles. The number of urea groups is 1. The van der Waals surface area contributed by atoms with Crippen LogP contribution in [-0.4, -0.2) is 68.9 Å². The normalized spacial score (nSPS) is 40.8. The topological polar surface area (TPSA) is 101 Å². The van der Waals surface area contributed by atoms with Gasteiger partial charge in [0.05, 0.1) is 35.1 Å². The highest BCUT2D eigenvalue weighted by Crippen LogP contribution is 2.29. The number of hydrogen-bond acceptors (Lipinski definition) is 5. The van der Waals surface area contributed by atoms with Crippen LogP contribution in [0.3, 0.4) is 0 Å². The number of carbonyl (C=O) groups excluding carboxylic acids is 1. The maximum absolute atomic E-state index is 11.8. The first kappa shape index (κ1) is 12.2. The summed E-state index contributed by atoms with van der Waals surface area (Å²) in [7, 11) is -6.21. The van der Waals surface area contributed by atoms with Crippen LogP contribution in [0, 0.1) is 0 Å². The standard InChI is InChI=1S/C9H14N2O5S2/c12-9-10-7-4-18(15,16)5-8(7)11(9)6-1-2-17(13,14)3-6/h6-8H,1-5H2,(H,10,12). The molecule has 7 nitrogen and oxygen atoms in total. The zero-order valence-electron chi connectivity index (χ0n) is 9.57. The molecule has 3 aliphatic heterocycles.